The molecule has 3 heterocycles. The van der Waals surface area contributed by atoms with Gasteiger partial charge in [0, 0.05) is 39.8 Å². The van der Waals surface area contributed by atoms with Crippen LogP contribution in [0, 0.1) is 6.92 Å². The first-order chi connectivity index (χ1) is 21.3. The van der Waals surface area contributed by atoms with E-state index in [0.29, 0.717) is 39.6 Å². The van der Waals surface area contributed by atoms with E-state index in [9.17, 15) is 9.59 Å². The highest BCUT2D eigenvalue weighted by molar-refractivity contribution is 6.32. The summed E-state index contributed by atoms with van der Waals surface area (Å²) in [5.41, 5.74) is 5.41. The van der Waals surface area contributed by atoms with Gasteiger partial charge in [0.15, 0.2) is 5.15 Å². The number of carbonyl (C=O) groups is 2. The van der Waals surface area contributed by atoms with Gasteiger partial charge < -0.3 is 10.1 Å². The predicted octanol–water partition coefficient (Wildman–Crippen LogP) is 5.42. The molecule has 0 aliphatic carbocycles. The molecule has 0 fully saturated rings. The Labute approximate surface area is 262 Å². The van der Waals surface area contributed by atoms with E-state index in [1.54, 1.807) is 60.8 Å². The Morgan fingerprint density at radius 2 is 1.86 bits per heavy atom. The molecular formula is C30H25Cl2N9O3. The second-order valence-electron chi connectivity index (χ2n) is 9.53. The fraction of sp³-hybridized carbons (Fsp3) is 0.133. The fourth-order valence-electron chi connectivity index (χ4n) is 4.28. The summed E-state index contributed by atoms with van der Waals surface area (Å²) in [4.78, 5) is 29.2. The van der Waals surface area contributed by atoms with Crippen molar-refractivity contribution in [3.8, 4) is 16.8 Å². The molecule has 5 aromatic rings. The highest BCUT2D eigenvalue weighted by Crippen LogP contribution is 2.30. The number of aryl methyl sites for hydroxylation is 1. The third kappa shape index (κ3) is 7.60. The SMILES string of the molecule is COC(=O)Nc1ccc(-c2cc(C(Cc3ccc(C)nc3)NC(=O)C=Cc3cc(Cl)ccc3-n3cnnn3)nnc2Cl)cc1. The van der Waals surface area contributed by atoms with Crippen LogP contribution in [0.4, 0.5) is 10.5 Å². The lowest BCUT2D eigenvalue weighted by Crippen LogP contribution is -2.29. The van der Waals surface area contributed by atoms with Crippen molar-refractivity contribution < 1.29 is 14.3 Å². The number of aromatic nitrogens is 7. The Hall–Kier alpha value is -5.20. The monoisotopic (exact) mass is 629 g/mol. The lowest BCUT2D eigenvalue weighted by Gasteiger charge is -2.18. The average Bonchev–Trinajstić information content (AvgIpc) is 3.56. The van der Waals surface area contributed by atoms with Gasteiger partial charge in [-0.15, -0.1) is 10.2 Å². The molecule has 5 rings (SSSR count). The number of hydrogen-bond acceptors (Lipinski definition) is 9. The Bertz CT molecular complexity index is 1800. The molecule has 0 radical (unpaired) electrons. The normalized spacial score (nSPS) is 11.7. The minimum atomic E-state index is -0.584. The molecule has 1 unspecified atom stereocenters. The van der Waals surface area contributed by atoms with Crippen LogP contribution in [0.2, 0.25) is 10.2 Å². The van der Waals surface area contributed by atoms with Crippen LogP contribution >= 0.6 is 23.2 Å². The van der Waals surface area contributed by atoms with E-state index in [0.717, 1.165) is 16.8 Å². The zero-order valence-electron chi connectivity index (χ0n) is 23.5. The smallest absolute Gasteiger partial charge is 0.411 e. The van der Waals surface area contributed by atoms with Gasteiger partial charge >= 0.3 is 6.09 Å². The van der Waals surface area contributed by atoms with Crippen molar-refractivity contribution in [2.24, 2.45) is 0 Å². The molecule has 1 atom stereocenters. The van der Waals surface area contributed by atoms with Crippen molar-refractivity contribution in [2.75, 3.05) is 12.4 Å². The molecule has 2 amide bonds. The Kier molecular flexibility index (Phi) is 9.52. The number of nitrogens with zero attached hydrogens (tertiary/aromatic N) is 7. The third-order valence-corrected chi connectivity index (χ3v) is 7.00. The quantitative estimate of drug-likeness (QED) is 0.204. The lowest BCUT2D eigenvalue weighted by atomic mass is 10.0. The number of anilines is 1. The molecule has 44 heavy (non-hydrogen) atoms. The van der Waals surface area contributed by atoms with E-state index in [2.05, 4.69) is 46.1 Å². The summed E-state index contributed by atoms with van der Waals surface area (Å²) in [6, 6.07) is 17.2. The van der Waals surface area contributed by atoms with Gasteiger partial charge in [0.05, 0.1) is 24.5 Å². The van der Waals surface area contributed by atoms with E-state index in [1.165, 1.54) is 24.2 Å². The van der Waals surface area contributed by atoms with Gasteiger partial charge in [0.25, 0.3) is 0 Å². The van der Waals surface area contributed by atoms with Crippen molar-refractivity contribution in [2.45, 2.75) is 19.4 Å². The van der Waals surface area contributed by atoms with E-state index in [4.69, 9.17) is 23.2 Å². The zero-order valence-corrected chi connectivity index (χ0v) is 25.0. The van der Waals surface area contributed by atoms with Crippen molar-refractivity contribution in [1.29, 1.82) is 0 Å². The molecule has 0 aliphatic heterocycles. The number of pyridine rings is 1. The number of benzene rings is 2. The van der Waals surface area contributed by atoms with Gasteiger partial charge in [-0.2, -0.15) is 9.78 Å². The Balaban J connectivity index is 1.43. The number of methoxy groups -OCH3 is 1. The maximum Gasteiger partial charge on any atom is 0.411 e. The van der Waals surface area contributed by atoms with Crippen LogP contribution in [0.15, 0.2) is 79.3 Å². The second kappa shape index (κ2) is 13.8. The summed E-state index contributed by atoms with van der Waals surface area (Å²) >= 11 is 12.7. The van der Waals surface area contributed by atoms with Gasteiger partial charge in [0.1, 0.15) is 6.33 Å². The first kappa shape index (κ1) is 30.3. The Morgan fingerprint density at radius 3 is 2.57 bits per heavy atom. The van der Waals surface area contributed by atoms with E-state index in [1.807, 2.05) is 19.1 Å². The van der Waals surface area contributed by atoms with Crippen LogP contribution in [-0.2, 0) is 16.0 Å². The molecule has 0 saturated heterocycles. The van der Waals surface area contributed by atoms with Crippen LogP contribution in [0.1, 0.15) is 28.6 Å². The molecule has 3 aromatic heterocycles. The topological polar surface area (TPSA) is 150 Å². The molecule has 0 spiro atoms. The number of carbonyl (C=O) groups excluding carboxylic acids is 2. The highest BCUT2D eigenvalue weighted by Gasteiger charge is 2.20. The van der Waals surface area contributed by atoms with Gasteiger partial charge in [-0.25, -0.2) is 4.79 Å². The second-order valence-corrected chi connectivity index (χ2v) is 10.3. The number of amides is 2. The number of tetrazole rings is 1. The van der Waals surface area contributed by atoms with Gasteiger partial charge in [-0.3, -0.25) is 15.1 Å². The zero-order chi connectivity index (χ0) is 31.1. The molecule has 0 bridgehead atoms. The van der Waals surface area contributed by atoms with Gasteiger partial charge in [-0.1, -0.05) is 41.4 Å². The van der Waals surface area contributed by atoms with Crippen molar-refractivity contribution in [1.82, 2.24) is 40.7 Å². The van der Waals surface area contributed by atoms with Crippen LogP contribution in [0.3, 0.4) is 0 Å². The summed E-state index contributed by atoms with van der Waals surface area (Å²) < 4.78 is 6.12. The molecule has 2 aromatic carbocycles. The van der Waals surface area contributed by atoms with Crippen LogP contribution in [0.25, 0.3) is 22.9 Å². The van der Waals surface area contributed by atoms with Crippen LogP contribution in [0.5, 0.6) is 0 Å². The molecular weight excluding hydrogens is 605 g/mol. The standard InChI is InChI=1S/C30H25Cl2N9O3/c1-18-3-4-19(16-33-18)13-25(36-28(42)12-7-21-14-22(31)8-11-27(21)41-17-34-39-40-41)26-15-24(29(32)38-37-26)20-5-9-23(10-6-20)35-30(43)44-2/h3-12,14-17,25H,13H2,1-2H3,(H,35,43)(H,36,42). The van der Waals surface area contributed by atoms with Crippen molar-refractivity contribution in [3.63, 3.8) is 0 Å². The van der Waals surface area contributed by atoms with E-state index < -0.39 is 12.1 Å². The van der Waals surface area contributed by atoms with Crippen LogP contribution < -0.4 is 10.6 Å². The number of rotatable bonds is 9. The summed E-state index contributed by atoms with van der Waals surface area (Å²) in [5, 5.41) is 26.1. The van der Waals surface area contributed by atoms with E-state index in [-0.39, 0.29) is 11.1 Å². The van der Waals surface area contributed by atoms with Crippen molar-refractivity contribution >= 4 is 47.0 Å². The Morgan fingerprint density at radius 1 is 1.05 bits per heavy atom. The molecule has 14 heteroatoms. The first-order valence-electron chi connectivity index (χ1n) is 13.2. The first-order valence-corrected chi connectivity index (χ1v) is 14.0. The maximum absolute atomic E-state index is 13.3. The molecule has 2 N–H and O–H groups in total. The summed E-state index contributed by atoms with van der Waals surface area (Å²) in [5.74, 6) is -0.380. The molecule has 12 nitrogen and oxygen atoms in total. The number of hydrogen-bond donors (Lipinski definition) is 2. The fourth-order valence-corrected chi connectivity index (χ4v) is 4.66. The van der Waals surface area contributed by atoms with Gasteiger partial charge in [-0.05, 0) is 83.4 Å². The van der Waals surface area contributed by atoms with Gasteiger partial charge in [0.2, 0.25) is 5.91 Å². The molecule has 0 aliphatic rings. The average molecular weight is 630 g/mol. The van der Waals surface area contributed by atoms with Crippen LogP contribution in [-0.4, -0.2) is 54.5 Å². The molecule has 0 saturated carbocycles. The largest absolute Gasteiger partial charge is 0.453 e. The molecule has 222 valence electrons. The predicted molar refractivity (Wildman–Crippen MR) is 165 cm³/mol. The van der Waals surface area contributed by atoms with E-state index >= 15 is 0 Å². The summed E-state index contributed by atoms with van der Waals surface area (Å²) in [7, 11) is 1.29. The minimum Gasteiger partial charge on any atom is -0.453 e. The summed E-state index contributed by atoms with van der Waals surface area (Å²) in [6.45, 7) is 1.90. The number of nitrogens with one attached hydrogen (secondary N) is 2. The van der Waals surface area contributed by atoms with Crippen molar-refractivity contribution in [3.05, 3.63) is 112 Å². The number of halogens is 2. The minimum absolute atomic E-state index is 0.181. The highest BCUT2D eigenvalue weighted by atomic mass is 35.5. The summed E-state index contributed by atoms with van der Waals surface area (Å²) in [6.07, 6.45) is 6.04. The number of ether oxygens (including phenoxy) is 1. The maximum atomic E-state index is 13.3. The lowest BCUT2D eigenvalue weighted by molar-refractivity contribution is -0.117. The third-order valence-electron chi connectivity index (χ3n) is 6.48.